The summed E-state index contributed by atoms with van der Waals surface area (Å²) in [6, 6.07) is 23.6. The minimum absolute atomic E-state index is 0.252. The zero-order valence-corrected chi connectivity index (χ0v) is 18.1. The molecular formula is C27H26N2O2. The predicted molar refractivity (Wildman–Crippen MR) is 125 cm³/mol. The molecule has 0 saturated heterocycles. The number of imide groups is 1. The van der Waals surface area contributed by atoms with Gasteiger partial charge >= 0.3 is 0 Å². The van der Waals surface area contributed by atoms with Crippen LogP contribution in [0.25, 0.3) is 5.57 Å². The highest BCUT2D eigenvalue weighted by Crippen LogP contribution is 2.32. The molecule has 156 valence electrons. The van der Waals surface area contributed by atoms with Crippen molar-refractivity contribution in [3.05, 3.63) is 106 Å². The van der Waals surface area contributed by atoms with Gasteiger partial charge in [0.25, 0.3) is 11.8 Å². The Bertz CT molecular complexity index is 1160. The van der Waals surface area contributed by atoms with Gasteiger partial charge in [-0.3, -0.25) is 14.5 Å². The van der Waals surface area contributed by atoms with Gasteiger partial charge in [-0.2, -0.15) is 0 Å². The van der Waals surface area contributed by atoms with Gasteiger partial charge in [-0.1, -0.05) is 72.3 Å². The molecule has 1 aliphatic rings. The van der Waals surface area contributed by atoms with E-state index in [2.05, 4.69) is 5.32 Å². The van der Waals surface area contributed by atoms with E-state index in [9.17, 15) is 9.59 Å². The van der Waals surface area contributed by atoms with Crippen LogP contribution >= 0.6 is 0 Å². The molecule has 3 aromatic rings. The van der Waals surface area contributed by atoms with Crippen molar-refractivity contribution in [2.45, 2.75) is 27.2 Å². The molecule has 1 heterocycles. The van der Waals surface area contributed by atoms with Gasteiger partial charge in [-0.15, -0.1) is 0 Å². The third-order valence-electron chi connectivity index (χ3n) is 5.84. The maximum absolute atomic E-state index is 13.4. The molecule has 4 rings (SSSR count). The summed E-state index contributed by atoms with van der Waals surface area (Å²) in [6.45, 7) is 6.39. The van der Waals surface area contributed by atoms with Gasteiger partial charge in [0, 0.05) is 12.2 Å². The van der Waals surface area contributed by atoms with Gasteiger partial charge in [0.2, 0.25) is 0 Å². The Labute approximate surface area is 183 Å². The summed E-state index contributed by atoms with van der Waals surface area (Å²) in [7, 11) is 0. The third kappa shape index (κ3) is 4.15. The molecule has 0 aromatic heterocycles. The lowest BCUT2D eigenvalue weighted by Crippen LogP contribution is -2.34. The van der Waals surface area contributed by atoms with Crippen LogP contribution in [0.1, 0.15) is 27.8 Å². The lowest BCUT2D eigenvalue weighted by atomic mass is 10.0. The van der Waals surface area contributed by atoms with Crippen LogP contribution in [0.4, 0.5) is 5.69 Å². The summed E-state index contributed by atoms with van der Waals surface area (Å²) in [6.07, 6.45) is 0.621. The number of nitrogens with zero attached hydrogens (tertiary/aromatic N) is 1. The highest BCUT2D eigenvalue weighted by Gasteiger charge is 2.39. The summed E-state index contributed by atoms with van der Waals surface area (Å²) < 4.78 is 0. The Morgan fingerprint density at radius 2 is 1.48 bits per heavy atom. The topological polar surface area (TPSA) is 49.4 Å². The molecule has 3 aromatic carbocycles. The molecule has 0 fully saturated rings. The van der Waals surface area contributed by atoms with Crippen molar-refractivity contribution in [3.63, 3.8) is 0 Å². The van der Waals surface area contributed by atoms with Crippen molar-refractivity contribution < 1.29 is 9.59 Å². The SMILES string of the molecule is Cc1ccc(C2=C(Nc3cccc(C)c3C)C(=O)N(CCc3ccccc3)C2=O)cc1. The molecular weight excluding hydrogens is 384 g/mol. The number of rotatable bonds is 6. The first-order valence-electron chi connectivity index (χ1n) is 10.5. The predicted octanol–water partition coefficient (Wildman–Crippen LogP) is 5.05. The van der Waals surface area contributed by atoms with Crippen molar-refractivity contribution >= 4 is 23.1 Å². The van der Waals surface area contributed by atoms with Crippen LogP contribution in [0.3, 0.4) is 0 Å². The summed E-state index contributed by atoms with van der Waals surface area (Å²) in [5.74, 6) is -0.532. The zero-order valence-electron chi connectivity index (χ0n) is 18.1. The molecule has 4 heteroatoms. The van der Waals surface area contributed by atoms with Gasteiger partial charge < -0.3 is 5.32 Å². The number of carbonyl (C=O) groups excluding carboxylic acids is 2. The van der Waals surface area contributed by atoms with Crippen LogP contribution in [-0.2, 0) is 16.0 Å². The van der Waals surface area contributed by atoms with E-state index >= 15 is 0 Å². The highest BCUT2D eigenvalue weighted by molar-refractivity contribution is 6.36. The molecule has 1 N–H and O–H groups in total. The molecule has 0 bridgehead atoms. The summed E-state index contributed by atoms with van der Waals surface area (Å²) in [4.78, 5) is 28.1. The Hall–Kier alpha value is -3.66. The molecule has 4 nitrogen and oxygen atoms in total. The largest absolute Gasteiger partial charge is 0.350 e. The van der Waals surface area contributed by atoms with Crippen LogP contribution in [0.2, 0.25) is 0 Å². The Morgan fingerprint density at radius 3 is 2.19 bits per heavy atom. The fraction of sp³-hybridized carbons (Fsp3) is 0.185. The molecule has 0 aliphatic carbocycles. The summed E-state index contributed by atoms with van der Waals surface area (Å²) >= 11 is 0. The average Bonchev–Trinajstić information content (AvgIpc) is 3.00. The number of aryl methyl sites for hydroxylation is 2. The van der Waals surface area contributed by atoms with Crippen LogP contribution < -0.4 is 5.32 Å². The van der Waals surface area contributed by atoms with Crippen LogP contribution in [-0.4, -0.2) is 23.3 Å². The maximum Gasteiger partial charge on any atom is 0.278 e. The van der Waals surface area contributed by atoms with Crippen molar-refractivity contribution in [1.82, 2.24) is 4.90 Å². The van der Waals surface area contributed by atoms with Gasteiger partial charge in [0.15, 0.2) is 0 Å². The van der Waals surface area contributed by atoms with Gasteiger partial charge in [-0.25, -0.2) is 0 Å². The quantitative estimate of drug-likeness (QED) is 0.579. The van der Waals surface area contributed by atoms with Gasteiger partial charge in [-0.05, 0) is 55.5 Å². The number of hydrogen-bond acceptors (Lipinski definition) is 3. The smallest absolute Gasteiger partial charge is 0.278 e. The number of amides is 2. The molecule has 0 radical (unpaired) electrons. The second kappa shape index (κ2) is 8.60. The molecule has 2 amide bonds. The fourth-order valence-corrected chi connectivity index (χ4v) is 3.79. The molecule has 0 spiro atoms. The molecule has 0 atom stereocenters. The number of anilines is 1. The molecule has 1 aliphatic heterocycles. The summed E-state index contributed by atoms with van der Waals surface area (Å²) in [5.41, 5.74) is 6.74. The van der Waals surface area contributed by atoms with Crippen LogP contribution in [0.15, 0.2) is 78.5 Å². The number of nitrogens with one attached hydrogen (secondary N) is 1. The zero-order chi connectivity index (χ0) is 22.0. The second-order valence-electron chi connectivity index (χ2n) is 7.99. The third-order valence-corrected chi connectivity index (χ3v) is 5.84. The Morgan fingerprint density at radius 1 is 0.774 bits per heavy atom. The van der Waals surface area contributed by atoms with E-state index in [0.717, 1.165) is 33.5 Å². The Kier molecular flexibility index (Phi) is 5.72. The minimum Gasteiger partial charge on any atom is -0.350 e. The first kappa shape index (κ1) is 20.6. The highest BCUT2D eigenvalue weighted by atomic mass is 16.2. The van der Waals surface area contributed by atoms with E-state index in [1.165, 1.54) is 4.90 Å². The van der Waals surface area contributed by atoms with Gasteiger partial charge in [0.05, 0.1) is 5.57 Å². The fourth-order valence-electron chi connectivity index (χ4n) is 3.79. The monoisotopic (exact) mass is 410 g/mol. The first-order valence-corrected chi connectivity index (χ1v) is 10.5. The Balaban J connectivity index is 1.70. The minimum atomic E-state index is -0.280. The molecule has 31 heavy (non-hydrogen) atoms. The lowest BCUT2D eigenvalue weighted by Gasteiger charge is -2.16. The summed E-state index contributed by atoms with van der Waals surface area (Å²) in [5, 5.41) is 3.29. The van der Waals surface area contributed by atoms with E-state index in [-0.39, 0.29) is 11.8 Å². The van der Waals surface area contributed by atoms with Crippen LogP contribution in [0.5, 0.6) is 0 Å². The number of carbonyl (C=O) groups is 2. The van der Waals surface area contributed by atoms with Crippen LogP contribution in [0, 0.1) is 20.8 Å². The first-order chi connectivity index (χ1) is 15.0. The van der Waals surface area contributed by atoms with Crippen molar-refractivity contribution in [2.75, 3.05) is 11.9 Å². The van der Waals surface area contributed by atoms with E-state index in [0.29, 0.717) is 24.2 Å². The molecule has 0 unspecified atom stereocenters. The van der Waals surface area contributed by atoms with E-state index < -0.39 is 0 Å². The van der Waals surface area contributed by atoms with Crippen molar-refractivity contribution in [2.24, 2.45) is 0 Å². The van der Waals surface area contributed by atoms with Crippen molar-refractivity contribution in [1.29, 1.82) is 0 Å². The van der Waals surface area contributed by atoms with E-state index in [1.807, 2.05) is 93.6 Å². The van der Waals surface area contributed by atoms with Gasteiger partial charge in [0.1, 0.15) is 5.70 Å². The van der Waals surface area contributed by atoms with E-state index in [1.54, 1.807) is 0 Å². The number of benzene rings is 3. The average molecular weight is 411 g/mol. The lowest BCUT2D eigenvalue weighted by molar-refractivity contribution is -0.136. The second-order valence-corrected chi connectivity index (χ2v) is 7.99. The molecule has 0 saturated carbocycles. The van der Waals surface area contributed by atoms with E-state index in [4.69, 9.17) is 0 Å². The number of hydrogen-bond donors (Lipinski definition) is 1. The maximum atomic E-state index is 13.4. The van der Waals surface area contributed by atoms with Crippen molar-refractivity contribution in [3.8, 4) is 0 Å². The standard InChI is InChI=1S/C27H26N2O2/c1-18-12-14-22(15-13-18)24-25(28-23-11-7-8-19(2)20(23)3)27(31)29(26(24)30)17-16-21-9-5-4-6-10-21/h4-15,28H,16-17H2,1-3H3. The normalized spacial score (nSPS) is 13.8.